The summed E-state index contributed by atoms with van der Waals surface area (Å²) in [5, 5.41) is 13.0. The molecule has 0 atom stereocenters. The first kappa shape index (κ1) is 12.0. The number of nitrogens with one attached hydrogen (secondary N) is 2. The SMILES string of the molecule is N=C1Oc2ccccc2NN=C1c1nc2ccccc2s1. The van der Waals surface area contributed by atoms with Crippen LogP contribution in [0.2, 0.25) is 0 Å². The van der Waals surface area contributed by atoms with Crippen molar-refractivity contribution in [1.82, 2.24) is 4.98 Å². The highest BCUT2D eigenvalue weighted by molar-refractivity contribution is 7.21. The van der Waals surface area contributed by atoms with Crippen molar-refractivity contribution in [3.63, 3.8) is 0 Å². The molecule has 0 amide bonds. The van der Waals surface area contributed by atoms with Gasteiger partial charge in [-0.15, -0.1) is 11.3 Å². The first-order valence-electron chi connectivity index (χ1n) is 6.37. The van der Waals surface area contributed by atoms with Gasteiger partial charge in [0.25, 0.3) is 0 Å². The molecule has 2 N–H and O–H groups in total. The minimum atomic E-state index is -0.00786. The van der Waals surface area contributed by atoms with Crippen molar-refractivity contribution in [2.75, 3.05) is 5.43 Å². The Kier molecular flexibility index (Phi) is 2.68. The summed E-state index contributed by atoms with van der Waals surface area (Å²) in [6, 6.07) is 15.3. The van der Waals surface area contributed by atoms with Crippen LogP contribution in [0.5, 0.6) is 5.75 Å². The number of benzene rings is 2. The second-order valence-electron chi connectivity index (χ2n) is 4.49. The maximum Gasteiger partial charge on any atom is 0.243 e. The van der Waals surface area contributed by atoms with Crippen LogP contribution >= 0.6 is 11.3 Å². The molecule has 0 fully saturated rings. The fourth-order valence-electron chi connectivity index (χ4n) is 2.09. The Morgan fingerprint density at radius 3 is 2.76 bits per heavy atom. The van der Waals surface area contributed by atoms with Crippen LogP contribution < -0.4 is 10.2 Å². The standard InChI is InChI=1S/C15H10N4OS/c16-14-13(15-17-10-6-2-4-8-12(10)21-15)19-18-9-5-1-3-7-11(9)20-14/h1-8,16,18H. The second-order valence-corrected chi connectivity index (χ2v) is 5.52. The number of hydrogen-bond acceptors (Lipinski definition) is 6. The molecule has 0 radical (unpaired) electrons. The van der Waals surface area contributed by atoms with E-state index in [1.54, 1.807) is 6.07 Å². The van der Waals surface area contributed by atoms with E-state index in [2.05, 4.69) is 15.5 Å². The molecule has 102 valence electrons. The number of rotatable bonds is 1. The molecule has 6 heteroatoms. The highest BCUT2D eigenvalue weighted by Gasteiger charge is 2.21. The summed E-state index contributed by atoms with van der Waals surface area (Å²) < 4.78 is 6.64. The zero-order valence-electron chi connectivity index (χ0n) is 10.8. The Balaban J connectivity index is 1.78. The Hall–Kier alpha value is -2.73. The molecule has 2 aromatic carbocycles. The minimum absolute atomic E-state index is 0.00786. The summed E-state index contributed by atoms with van der Waals surface area (Å²) in [7, 11) is 0. The van der Waals surface area contributed by atoms with E-state index in [1.807, 2.05) is 42.5 Å². The molecular formula is C15H10N4OS. The van der Waals surface area contributed by atoms with E-state index in [0.717, 1.165) is 15.9 Å². The van der Waals surface area contributed by atoms with Crippen LogP contribution in [0.15, 0.2) is 53.6 Å². The van der Waals surface area contributed by atoms with Crippen LogP contribution in [0.1, 0.15) is 5.01 Å². The molecule has 0 bridgehead atoms. The van der Waals surface area contributed by atoms with E-state index in [4.69, 9.17) is 10.1 Å². The monoisotopic (exact) mass is 294 g/mol. The van der Waals surface area contributed by atoms with Crippen molar-refractivity contribution in [1.29, 1.82) is 5.41 Å². The molecule has 1 aliphatic rings. The van der Waals surface area contributed by atoms with Crippen molar-refractivity contribution < 1.29 is 4.74 Å². The summed E-state index contributed by atoms with van der Waals surface area (Å²) in [5.74, 6) is 0.578. The molecule has 0 aliphatic carbocycles. The van der Waals surface area contributed by atoms with Crippen LogP contribution in [0.3, 0.4) is 0 Å². The van der Waals surface area contributed by atoms with Crippen molar-refractivity contribution >= 4 is 38.9 Å². The Bertz CT molecular complexity index is 851. The number of hydrazone groups is 1. The minimum Gasteiger partial charge on any atom is -0.435 e. The predicted molar refractivity (Wildman–Crippen MR) is 84.6 cm³/mol. The van der Waals surface area contributed by atoms with E-state index in [1.165, 1.54) is 11.3 Å². The summed E-state index contributed by atoms with van der Waals surface area (Å²) in [6.07, 6.45) is 0. The average molecular weight is 294 g/mol. The van der Waals surface area contributed by atoms with Gasteiger partial charge in [0, 0.05) is 0 Å². The molecule has 0 unspecified atom stereocenters. The maximum absolute atomic E-state index is 8.10. The third-order valence-corrected chi connectivity index (χ3v) is 4.14. The lowest BCUT2D eigenvalue weighted by atomic mass is 10.3. The number of aromatic nitrogens is 1. The van der Waals surface area contributed by atoms with Crippen LogP contribution in [0.25, 0.3) is 10.2 Å². The van der Waals surface area contributed by atoms with Crippen molar-refractivity contribution in [3.8, 4) is 5.75 Å². The summed E-state index contributed by atoms with van der Waals surface area (Å²) >= 11 is 1.49. The molecule has 0 saturated heterocycles. The quantitative estimate of drug-likeness (QED) is 0.722. The third-order valence-electron chi connectivity index (χ3n) is 3.10. The van der Waals surface area contributed by atoms with Crippen LogP contribution in [0, 0.1) is 5.41 Å². The molecule has 5 nitrogen and oxygen atoms in total. The van der Waals surface area contributed by atoms with Gasteiger partial charge in [-0.1, -0.05) is 24.3 Å². The second kappa shape index (κ2) is 4.68. The van der Waals surface area contributed by atoms with Gasteiger partial charge >= 0.3 is 0 Å². The zero-order valence-corrected chi connectivity index (χ0v) is 11.6. The molecule has 3 aromatic rings. The van der Waals surface area contributed by atoms with Crippen LogP contribution in [-0.2, 0) is 0 Å². The van der Waals surface area contributed by atoms with E-state index >= 15 is 0 Å². The Morgan fingerprint density at radius 2 is 1.86 bits per heavy atom. The van der Waals surface area contributed by atoms with Crippen molar-refractivity contribution in [2.24, 2.45) is 5.10 Å². The summed E-state index contributed by atoms with van der Waals surface area (Å²) in [4.78, 5) is 4.52. The predicted octanol–water partition coefficient (Wildman–Crippen LogP) is 3.48. The third kappa shape index (κ3) is 2.05. The highest BCUT2D eigenvalue weighted by Crippen LogP contribution is 2.28. The van der Waals surface area contributed by atoms with Crippen molar-refractivity contribution in [2.45, 2.75) is 0 Å². The van der Waals surface area contributed by atoms with E-state index in [9.17, 15) is 0 Å². The van der Waals surface area contributed by atoms with Crippen LogP contribution in [-0.4, -0.2) is 16.6 Å². The molecule has 21 heavy (non-hydrogen) atoms. The number of anilines is 1. The number of ether oxygens (including phenoxy) is 1. The zero-order chi connectivity index (χ0) is 14.2. The van der Waals surface area contributed by atoms with Gasteiger partial charge in [-0.3, -0.25) is 10.8 Å². The summed E-state index contributed by atoms with van der Waals surface area (Å²) in [5.41, 5.74) is 4.98. The molecule has 0 saturated carbocycles. The first-order valence-corrected chi connectivity index (χ1v) is 7.18. The van der Waals surface area contributed by atoms with E-state index < -0.39 is 0 Å². The van der Waals surface area contributed by atoms with Gasteiger partial charge in [-0.2, -0.15) is 5.10 Å². The number of thiazole rings is 1. The fraction of sp³-hybridized carbons (Fsp3) is 0. The van der Waals surface area contributed by atoms with Gasteiger partial charge in [0.05, 0.1) is 15.9 Å². The summed E-state index contributed by atoms with van der Waals surface area (Å²) in [6.45, 7) is 0. The normalized spacial score (nSPS) is 13.9. The van der Waals surface area contributed by atoms with Gasteiger partial charge in [0.1, 0.15) is 0 Å². The lowest BCUT2D eigenvalue weighted by Crippen LogP contribution is -2.20. The van der Waals surface area contributed by atoms with Crippen LogP contribution in [0.4, 0.5) is 5.69 Å². The van der Waals surface area contributed by atoms with Gasteiger partial charge in [-0.25, -0.2) is 4.98 Å². The average Bonchev–Trinajstić information content (AvgIpc) is 2.84. The molecule has 0 spiro atoms. The molecule has 4 rings (SSSR count). The van der Waals surface area contributed by atoms with Gasteiger partial charge in [0.2, 0.25) is 5.90 Å². The molecule has 1 aromatic heterocycles. The smallest absolute Gasteiger partial charge is 0.243 e. The number of nitrogens with zero attached hydrogens (tertiary/aromatic N) is 2. The number of hydrogen-bond donors (Lipinski definition) is 2. The lowest BCUT2D eigenvalue weighted by molar-refractivity contribution is 0.560. The molecule has 2 heterocycles. The molecule has 1 aliphatic heterocycles. The first-order chi connectivity index (χ1) is 10.3. The topological polar surface area (TPSA) is 70.4 Å². The van der Waals surface area contributed by atoms with E-state index in [0.29, 0.717) is 16.5 Å². The van der Waals surface area contributed by atoms with E-state index in [-0.39, 0.29) is 5.90 Å². The highest BCUT2D eigenvalue weighted by atomic mass is 32.1. The lowest BCUT2D eigenvalue weighted by Gasteiger charge is -2.05. The fourth-order valence-corrected chi connectivity index (χ4v) is 3.04. The number of para-hydroxylation sites is 3. The van der Waals surface area contributed by atoms with Crippen molar-refractivity contribution in [3.05, 3.63) is 53.5 Å². The van der Waals surface area contributed by atoms with Gasteiger partial charge < -0.3 is 4.74 Å². The number of fused-ring (bicyclic) bond motifs is 2. The Morgan fingerprint density at radius 1 is 1.05 bits per heavy atom. The Labute approximate surface area is 124 Å². The largest absolute Gasteiger partial charge is 0.435 e. The van der Waals surface area contributed by atoms with Gasteiger partial charge in [-0.05, 0) is 24.3 Å². The molecular weight excluding hydrogens is 284 g/mol. The maximum atomic E-state index is 8.10. The van der Waals surface area contributed by atoms with Gasteiger partial charge in [0.15, 0.2) is 16.5 Å².